The quantitative estimate of drug-likeness (QED) is 0.426. The zero-order valence-electron chi connectivity index (χ0n) is 23.1. The van der Waals surface area contributed by atoms with Crippen molar-refractivity contribution in [2.24, 2.45) is 5.92 Å². The molecule has 2 aromatic carbocycles. The first-order valence-corrected chi connectivity index (χ1v) is 13.6. The number of anilines is 1. The summed E-state index contributed by atoms with van der Waals surface area (Å²) in [6.45, 7) is 6.95. The molecular weight excluding hydrogens is 539 g/mol. The number of hydrogen-bond donors (Lipinski definition) is 2. The fraction of sp³-hybridized carbons (Fsp3) is 0.467. The Labute approximate surface area is 237 Å². The van der Waals surface area contributed by atoms with Crippen LogP contribution in [0.3, 0.4) is 0 Å². The molecule has 2 aromatic rings. The first kappa shape index (κ1) is 30.7. The number of halogens is 3. The van der Waals surface area contributed by atoms with E-state index in [9.17, 15) is 27.9 Å². The molecule has 0 saturated carbocycles. The molecule has 0 unspecified atom stereocenters. The third-order valence-electron chi connectivity index (χ3n) is 7.54. The fourth-order valence-electron chi connectivity index (χ4n) is 5.36. The summed E-state index contributed by atoms with van der Waals surface area (Å²) in [6, 6.07) is 13.1. The summed E-state index contributed by atoms with van der Waals surface area (Å²) in [4.78, 5) is 27.4. The van der Waals surface area contributed by atoms with Crippen LogP contribution in [-0.4, -0.2) is 71.7 Å². The van der Waals surface area contributed by atoms with Crippen LogP contribution in [0.15, 0.2) is 61.2 Å². The molecule has 8 nitrogen and oxygen atoms in total. The molecule has 2 heterocycles. The van der Waals surface area contributed by atoms with Gasteiger partial charge >= 0.3 is 12.1 Å². The molecule has 41 heavy (non-hydrogen) atoms. The molecule has 0 spiro atoms. The Balaban J connectivity index is 1.55. The van der Waals surface area contributed by atoms with Crippen molar-refractivity contribution in [3.05, 3.63) is 77.9 Å². The highest BCUT2D eigenvalue weighted by Crippen LogP contribution is 2.42. The number of alkyl halides is 3. The molecule has 2 aliphatic heterocycles. The van der Waals surface area contributed by atoms with Gasteiger partial charge in [-0.05, 0) is 43.1 Å². The summed E-state index contributed by atoms with van der Waals surface area (Å²) in [6.07, 6.45) is -4.11. The Morgan fingerprint density at radius 2 is 1.90 bits per heavy atom. The highest BCUT2D eigenvalue weighted by molar-refractivity contribution is 5.98. The van der Waals surface area contributed by atoms with Gasteiger partial charge in [-0.2, -0.15) is 13.2 Å². The van der Waals surface area contributed by atoms with Gasteiger partial charge in [0.15, 0.2) is 6.29 Å². The third-order valence-corrected chi connectivity index (χ3v) is 7.54. The number of likely N-dealkylation sites (N-methyl/N-ethyl adjacent to an activating group) is 1. The van der Waals surface area contributed by atoms with E-state index in [1.54, 1.807) is 24.3 Å². The van der Waals surface area contributed by atoms with Gasteiger partial charge in [0, 0.05) is 36.8 Å². The van der Waals surface area contributed by atoms with Crippen LogP contribution in [0.1, 0.15) is 48.8 Å². The third kappa shape index (κ3) is 7.34. The second-order valence-corrected chi connectivity index (χ2v) is 10.6. The number of carbonyl (C=O) groups excluding carboxylic acids is 2. The summed E-state index contributed by atoms with van der Waals surface area (Å²) in [7, 11) is 1.97. The minimum atomic E-state index is -5.04. The van der Waals surface area contributed by atoms with E-state index < -0.39 is 30.3 Å². The minimum absolute atomic E-state index is 0.0269. The van der Waals surface area contributed by atoms with Gasteiger partial charge in [-0.25, -0.2) is 0 Å². The van der Waals surface area contributed by atoms with E-state index in [1.165, 1.54) is 0 Å². The largest absolute Gasteiger partial charge is 0.471 e. The SMILES string of the molecule is C=CCN(C)C[C@H]1O[C@@H](c2cccc(NC(=O)[C@@H]3CCCN3C(=O)C(F)(F)F)c2)O[C@@H](c2ccc(CO)cc2)[C@H]1C. The number of benzene rings is 2. The Morgan fingerprint density at radius 1 is 1.17 bits per heavy atom. The first-order valence-electron chi connectivity index (χ1n) is 13.6. The number of nitrogens with one attached hydrogen (secondary N) is 1. The number of hydrogen-bond acceptors (Lipinski definition) is 6. The molecule has 4 rings (SSSR count). The van der Waals surface area contributed by atoms with Crippen molar-refractivity contribution in [3.63, 3.8) is 0 Å². The maximum Gasteiger partial charge on any atom is 0.471 e. The maximum atomic E-state index is 13.0. The van der Waals surface area contributed by atoms with Gasteiger partial charge in [0.25, 0.3) is 0 Å². The molecule has 222 valence electrons. The highest BCUT2D eigenvalue weighted by Gasteiger charge is 2.47. The second kappa shape index (κ2) is 13.2. The van der Waals surface area contributed by atoms with Crippen molar-refractivity contribution < 1.29 is 37.3 Å². The summed E-state index contributed by atoms with van der Waals surface area (Å²) in [5.74, 6) is -2.71. The van der Waals surface area contributed by atoms with Crippen molar-refractivity contribution in [2.45, 2.75) is 57.1 Å². The van der Waals surface area contributed by atoms with Crippen molar-refractivity contribution in [1.29, 1.82) is 0 Å². The van der Waals surface area contributed by atoms with Crippen LogP contribution < -0.4 is 5.32 Å². The number of rotatable bonds is 9. The number of amides is 2. The number of nitrogens with zero attached hydrogens (tertiary/aromatic N) is 2. The maximum absolute atomic E-state index is 13.0. The van der Waals surface area contributed by atoms with E-state index >= 15 is 0 Å². The van der Waals surface area contributed by atoms with Gasteiger partial charge < -0.3 is 29.7 Å². The van der Waals surface area contributed by atoms with Gasteiger partial charge in [-0.3, -0.25) is 9.59 Å². The van der Waals surface area contributed by atoms with Gasteiger partial charge in [0.2, 0.25) is 5.91 Å². The van der Waals surface area contributed by atoms with Gasteiger partial charge in [-0.1, -0.05) is 49.4 Å². The Morgan fingerprint density at radius 3 is 2.56 bits per heavy atom. The minimum Gasteiger partial charge on any atom is -0.392 e. The molecule has 0 radical (unpaired) electrons. The number of aliphatic hydroxyl groups excluding tert-OH is 1. The summed E-state index contributed by atoms with van der Waals surface area (Å²) in [5.41, 5.74) is 2.69. The van der Waals surface area contributed by atoms with Crippen LogP contribution >= 0.6 is 0 Å². The van der Waals surface area contributed by atoms with E-state index in [0.717, 1.165) is 11.1 Å². The lowest BCUT2D eigenvalue weighted by Crippen LogP contribution is -2.48. The average molecular weight is 576 g/mol. The molecule has 0 bridgehead atoms. The standard InChI is InChI=1S/C30H36F3N3O5/c1-4-14-35(3)17-25-19(2)26(21-12-10-20(18-37)11-13-21)41-28(40-25)22-7-5-8-23(16-22)34-27(38)24-9-6-15-36(24)29(39)30(31,32)33/h4-5,7-8,10-13,16,19,24-26,28,37H,1,6,9,14-15,17-18H2,2-3H3,(H,34,38)/t19-,24-,25+,26+,28+/m0/s1. The van der Waals surface area contributed by atoms with Crippen LogP contribution in [0.2, 0.25) is 0 Å². The van der Waals surface area contributed by atoms with Gasteiger partial charge in [-0.15, -0.1) is 6.58 Å². The molecule has 2 N–H and O–H groups in total. The first-order chi connectivity index (χ1) is 19.5. The van der Waals surface area contributed by atoms with Gasteiger partial charge in [0.05, 0.1) is 18.8 Å². The van der Waals surface area contributed by atoms with E-state index in [-0.39, 0.29) is 37.7 Å². The summed E-state index contributed by atoms with van der Waals surface area (Å²) >= 11 is 0. The molecule has 5 atom stereocenters. The summed E-state index contributed by atoms with van der Waals surface area (Å²) in [5, 5.41) is 12.1. The molecule has 11 heteroatoms. The smallest absolute Gasteiger partial charge is 0.392 e. The van der Waals surface area contributed by atoms with Crippen LogP contribution in [0, 0.1) is 5.92 Å². The zero-order chi connectivity index (χ0) is 29.7. The van der Waals surface area contributed by atoms with Crippen LogP contribution in [0.25, 0.3) is 0 Å². The van der Waals surface area contributed by atoms with Crippen molar-refractivity contribution >= 4 is 17.5 Å². The molecule has 2 aliphatic rings. The molecule has 2 fully saturated rings. The molecule has 0 aromatic heterocycles. The van der Waals surface area contributed by atoms with E-state index in [2.05, 4.69) is 23.7 Å². The van der Waals surface area contributed by atoms with Crippen LogP contribution in [-0.2, 0) is 25.7 Å². The van der Waals surface area contributed by atoms with Crippen molar-refractivity contribution in [3.8, 4) is 0 Å². The lowest BCUT2D eigenvalue weighted by atomic mass is 9.90. The van der Waals surface area contributed by atoms with Crippen molar-refractivity contribution in [1.82, 2.24) is 9.80 Å². The molecular formula is C30H36F3N3O5. The Kier molecular flexibility index (Phi) is 9.85. The normalized spacial score (nSPS) is 24.9. The number of carbonyl (C=O) groups is 2. The monoisotopic (exact) mass is 575 g/mol. The van der Waals surface area contributed by atoms with Crippen LogP contribution in [0.5, 0.6) is 0 Å². The van der Waals surface area contributed by atoms with E-state index in [0.29, 0.717) is 35.7 Å². The highest BCUT2D eigenvalue weighted by atomic mass is 19.4. The topological polar surface area (TPSA) is 91.3 Å². The Hall–Kier alpha value is -3.25. The number of likely N-dealkylation sites (tertiary alicyclic amines) is 1. The van der Waals surface area contributed by atoms with E-state index in [4.69, 9.17) is 9.47 Å². The van der Waals surface area contributed by atoms with Crippen LogP contribution in [0.4, 0.5) is 18.9 Å². The average Bonchev–Trinajstić information content (AvgIpc) is 3.44. The lowest BCUT2D eigenvalue weighted by Gasteiger charge is -2.42. The Bertz CT molecular complexity index is 1220. The number of ether oxygens (including phenoxy) is 2. The predicted molar refractivity (Wildman–Crippen MR) is 147 cm³/mol. The molecule has 0 aliphatic carbocycles. The van der Waals surface area contributed by atoms with E-state index in [1.807, 2.05) is 37.4 Å². The summed E-state index contributed by atoms with van der Waals surface area (Å²) < 4.78 is 51.9. The van der Waals surface area contributed by atoms with Crippen molar-refractivity contribution in [2.75, 3.05) is 32.0 Å². The lowest BCUT2D eigenvalue weighted by molar-refractivity contribution is -0.275. The fourth-order valence-corrected chi connectivity index (χ4v) is 5.36. The molecule has 2 amide bonds. The second-order valence-electron chi connectivity index (χ2n) is 10.6. The molecule has 2 saturated heterocycles. The number of aliphatic hydroxyl groups is 1. The zero-order valence-corrected chi connectivity index (χ0v) is 23.1. The predicted octanol–water partition coefficient (Wildman–Crippen LogP) is 4.58. The van der Waals surface area contributed by atoms with Gasteiger partial charge in [0.1, 0.15) is 6.04 Å².